The molecule has 1 aromatic rings. The molecule has 2 aliphatic carbocycles. The fourth-order valence-corrected chi connectivity index (χ4v) is 4.55. The van der Waals surface area contributed by atoms with Crippen LogP contribution in [0, 0.1) is 5.92 Å². The molecular formula is C22H33N3O2. The van der Waals surface area contributed by atoms with E-state index in [2.05, 4.69) is 5.32 Å². The van der Waals surface area contributed by atoms with Gasteiger partial charge in [0.15, 0.2) is 0 Å². The van der Waals surface area contributed by atoms with Gasteiger partial charge in [-0.15, -0.1) is 0 Å². The zero-order valence-electron chi connectivity index (χ0n) is 16.7. The van der Waals surface area contributed by atoms with Crippen LogP contribution in [0.15, 0.2) is 24.3 Å². The van der Waals surface area contributed by atoms with E-state index < -0.39 is 5.54 Å². The van der Waals surface area contributed by atoms with Crippen LogP contribution >= 0.6 is 0 Å². The van der Waals surface area contributed by atoms with Crippen LogP contribution in [0.4, 0.5) is 5.69 Å². The minimum absolute atomic E-state index is 0.0156. The second kappa shape index (κ2) is 8.42. The number of hydrogen-bond acceptors (Lipinski definition) is 3. The molecule has 0 spiro atoms. The lowest BCUT2D eigenvalue weighted by molar-refractivity contribution is -0.122. The Morgan fingerprint density at radius 1 is 1.04 bits per heavy atom. The van der Waals surface area contributed by atoms with Crippen molar-refractivity contribution in [3.63, 3.8) is 0 Å². The molecule has 5 nitrogen and oxygen atoms in total. The van der Waals surface area contributed by atoms with Crippen LogP contribution in [0.5, 0.6) is 0 Å². The lowest BCUT2D eigenvalue weighted by atomic mass is 9.74. The number of amides is 2. The molecular weight excluding hydrogens is 338 g/mol. The van der Waals surface area contributed by atoms with Crippen molar-refractivity contribution in [1.82, 2.24) is 4.90 Å². The topological polar surface area (TPSA) is 75.4 Å². The Morgan fingerprint density at radius 3 is 2.30 bits per heavy atom. The summed E-state index contributed by atoms with van der Waals surface area (Å²) >= 11 is 0. The Bertz CT molecular complexity index is 663. The Balaban J connectivity index is 1.61. The largest absolute Gasteiger partial charge is 0.339 e. The second-order valence-corrected chi connectivity index (χ2v) is 8.58. The number of hydrogen-bond donors (Lipinski definition) is 2. The van der Waals surface area contributed by atoms with Crippen LogP contribution in [0.25, 0.3) is 0 Å². The molecule has 2 atom stereocenters. The number of carbonyl (C=O) groups is 2. The second-order valence-electron chi connectivity index (χ2n) is 8.58. The van der Waals surface area contributed by atoms with Crippen molar-refractivity contribution in [1.29, 1.82) is 0 Å². The minimum atomic E-state index is -0.444. The van der Waals surface area contributed by atoms with E-state index in [9.17, 15) is 9.59 Å². The van der Waals surface area contributed by atoms with E-state index in [1.165, 1.54) is 19.3 Å². The van der Waals surface area contributed by atoms with Crippen molar-refractivity contribution >= 4 is 17.5 Å². The molecule has 2 unspecified atom stereocenters. The first-order chi connectivity index (χ1) is 12.9. The Hall–Kier alpha value is -1.88. The molecule has 0 aromatic heterocycles. The van der Waals surface area contributed by atoms with Gasteiger partial charge in [-0.1, -0.05) is 32.1 Å². The van der Waals surface area contributed by atoms with Gasteiger partial charge in [-0.25, -0.2) is 0 Å². The Morgan fingerprint density at radius 2 is 1.67 bits per heavy atom. The standard InChI is InChI=1S/C22H33N3O2/c1-22(23)15-7-6-10-19(22)20(26)24-17-13-11-16(12-14-17)21(27)25(2)18-8-4-3-5-9-18/h11-14,18-19H,3-10,15,23H2,1-2H3,(H,24,26). The van der Waals surface area contributed by atoms with Crippen LogP contribution in [0.1, 0.15) is 75.1 Å². The fraction of sp³-hybridized carbons (Fsp3) is 0.636. The number of nitrogens with two attached hydrogens (primary N) is 1. The van der Waals surface area contributed by atoms with Gasteiger partial charge < -0.3 is 16.0 Å². The molecule has 27 heavy (non-hydrogen) atoms. The third-order valence-corrected chi connectivity index (χ3v) is 6.41. The summed E-state index contributed by atoms with van der Waals surface area (Å²) in [5, 5.41) is 2.98. The fourth-order valence-electron chi connectivity index (χ4n) is 4.55. The summed E-state index contributed by atoms with van der Waals surface area (Å²) in [6.45, 7) is 1.97. The summed E-state index contributed by atoms with van der Waals surface area (Å²) in [6, 6.07) is 7.59. The van der Waals surface area contributed by atoms with E-state index in [1.54, 1.807) is 12.1 Å². The molecule has 5 heteroatoms. The highest BCUT2D eigenvalue weighted by Crippen LogP contribution is 2.32. The molecule has 3 N–H and O–H groups in total. The van der Waals surface area contributed by atoms with E-state index in [0.717, 1.165) is 44.2 Å². The van der Waals surface area contributed by atoms with Gasteiger partial charge in [-0.3, -0.25) is 9.59 Å². The number of rotatable bonds is 4. The van der Waals surface area contributed by atoms with E-state index in [1.807, 2.05) is 31.0 Å². The van der Waals surface area contributed by atoms with Gasteiger partial charge in [0.25, 0.3) is 5.91 Å². The summed E-state index contributed by atoms with van der Waals surface area (Å²) in [6.07, 6.45) is 9.71. The SMILES string of the molecule is CN(C(=O)c1ccc(NC(=O)C2CCCCC2(C)N)cc1)C1CCCCC1. The monoisotopic (exact) mass is 371 g/mol. The van der Waals surface area contributed by atoms with Gasteiger partial charge >= 0.3 is 0 Å². The molecule has 148 valence electrons. The quantitative estimate of drug-likeness (QED) is 0.842. The van der Waals surface area contributed by atoms with Crippen LogP contribution in [0.2, 0.25) is 0 Å². The van der Waals surface area contributed by atoms with Crippen LogP contribution in [-0.4, -0.2) is 35.3 Å². The van der Waals surface area contributed by atoms with Crippen LogP contribution in [-0.2, 0) is 4.79 Å². The number of carbonyl (C=O) groups excluding carboxylic acids is 2. The van der Waals surface area contributed by atoms with Gasteiger partial charge in [0.1, 0.15) is 0 Å². The average molecular weight is 372 g/mol. The number of nitrogens with zero attached hydrogens (tertiary/aromatic N) is 1. The summed E-state index contributed by atoms with van der Waals surface area (Å²) in [5.41, 5.74) is 7.28. The number of benzene rings is 1. The maximum Gasteiger partial charge on any atom is 0.253 e. The number of nitrogens with one attached hydrogen (secondary N) is 1. The first-order valence-electron chi connectivity index (χ1n) is 10.4. The maximum atomic E-state index is 12.7. The third-order valence-electron chi connectivity index (χ3n) is 6.41. The normalized spacial score (nSPS) is 26.4. The van der Waals surface area contributed by atoms with Gasteiger partial charge in [0.2, 0.25) is 5.91 Å². The van der Waals surface area contributed by atoms with Crippen molar-refractivity contribution in [3.8, 4) is 0 Å². The molecule has 2 amide bonds. The summed E-state index contributed by atoms with van der Waals surface area (Å²) in [7, 11) is 1.90. The lowest BCUT2D eigenvalue weighted by Crippen LogP contribution is -2.51. The first kappa shape index (κ1) is 19.9. The van der Waals surface area contributed by atoms with Crippen molar-refractivity contribution in [2.24, 2.45) is 11.7 Å². The van der Waals surface area contributed by atoms with Gasteiger partial charge in [0.05, 0.1) is 5.92 Å². The lowest BCUT2D eigenvalue weighted by Gasteiger charge is -2.37. The highest BCUT2D eigenvalue weighted by molar-refractivity contribution is 5.96. The average Bonchev–Trinajstić information content (AvgIpc) is 2.67. The third kappa shape index (κ3) is 4.70. The molecule has 2 aliphatic rings. The zero-order valence-corrected chi connectivity index (χ0v) is 16.7. The van der Waals surface area contributed by atoms with Crippen molar-refractivity contribution in [2.75, 3.05) is 12.4 Å². The minimum Gasteiger partial charge on any atom is -0.339 e. The van der Waals surface area contributed by atoms with Gasteiger partial charge in [-0.05, 0) is 56.9 Å². The summed E-state index contributed by atoms with van der Waals surface area (Å²) in [5.74, 6) is -0.121. The van der Waals surface area contributed by atoms with E-state index in [0.29, 0.717) is 11.6 Å². The Kier molecular flexibility index (Phi) is 6.20. The highest BCUT2D eigenvalue weighted by Gasteiger charge is 2.37. The summed E-state index contributed by atoms with van der Waals surface area (Å²) < 4.78 is 0. The van der Waals surface area contributed by atoms with Gasteiger partial charge in [0, 0.05) is 29.9 Å². The van der Waals surface area contributed by atoms with Crippen LogP contribution in [0.3, 0.4) is 0 Å². The molecule has 3 rings (SSSR count). The van der Waals surface area contributed by atoms with Crippen molar-refractivity contribution < 1.29 is 9.59 Å². The zero-order chi connectivity index (χ0) is 19.4. The maximum absolute atomic E-state index is 12.7. The molecule has 2 saturated carbocycles. The van der Waals surface area contributed by atoms with E-state index in [-0.39, 0.29) is 17.7 Å². The first-order valence-corrected chi connectivity index (χ1v) is 10.4. The Labute approximate surface area is 162 Å². The number of anilines is 1. The van der Waals surface area contributed by atoms with Crippen molar-refractivity contribution in [2.45, 2.75) is 76.3 Å². The van der Waals surface area contributed by atoms with Gasteiger partial charge in [-0.2, -0.15) is 0 Å². The van der Waals surface area contributed by atoms with Crippen molar-refractivity contribution in [3.05, 3.63) is 29.8 Å². The summed E-state index contributed by atoms with van der Waals surface area (Å²) in [4.78, 5) is 27.3. The molecule has 1 aromatic carbocycles. The molecule has 0 saturated heterocycles. The highest BCUT2D eigenvalue weighted by atomic mass is 16.2. The smallest absolute Gasteiger partial charge is 0.253 e. The van der Waals surface area contributed by atoms with E-state index in [4.69, 9.17) is 5.73 Å². The molecule has 2 fully saturated rings. The molecule has 0 radical (unpaired) electrons. The molecule has 0 bridgehead atoms. The predicted molar refractivity (Wildman–Crippen MR) is 109 cm³/mol. The van der Waals surface area contributed by atoms with E-state index >= 15 is 0 Å². The predicted octanol–water partition coefficient (Wildman–Crippen LogP) is 3.94. The molecule has 0 heterocycles. The molecule has 0 aliphatic heterocycles. The van der Waals surface area contributed by atoms with Crippen LogP contribution < -0.4 is 11.1 Å².